The van der Waals surface area contributed by atoms with Gasteiger partial charge >= 0.3 is 0 Å². The van der Waals surface area contributed by atoms with Gasteiger partial charge in [-0.2, -0.15) is 0 Å². The summed E-state index contributed by atoms with van der Waals surface area (Å²) in [5, 5.41) is 2.78. The molecule has 1 aliphatic heterocycles. The molecule has 0 radical (unpaired) electrons. The Morgan fingerprint density at radius 1 is 1.54 bits per heavy atom. The third-order valence-electron chi connectivity index (χ3n) is 2.09. The van der Waals surface area contributed by atoms with Gasteiger partial charge in [0.2, 0.25) is 5.91 Å². The van der Waals surface area contributed by atoms with E-state index in [0.29, 0.717) is 12.2 Å². The van der Waals surface area contributed by atoms with Crippen LogP contribution in [0.15, 0.2) is 18.2 Å². The van der Waals surface area contributed by atoms with E-state index in [1.54, 1.807) is 6.07 Å². The molecule has 0 saturated heterocycles. The monoisotopic (exact) mass is 177 g/mol. The molecule has 1 heterocycles. The molecule has 1 aliphatic rings. The van der Waals surface area contributed by atoms with Crippen molar-refractivity contribution in [3.8, 4) is 0 Å². The molecule has 4 nitrogen and oxygen atoms in total. The van der Waals surface area contributed by atoms with E-state index in [0.717, 1.165) is 11.4 Å². The summed E-state index contributed by atoms with van der Waals surface area (Å²) >= 11 is 0. The van der Waals surface area contributed by atoms with Crippen LogP contribution in [-0.4, -0.2) is 19.5 Å². The van der Waals surface area contributed by atoms with Crippen LogP contribution in [0.2, 0.25) is 0 Å². The number of carbonyl (C=O) groups excluding carboxylic acids is 1. The molecule has 0 unspecified atom stereocenters. The Labute approximate surface area is 76.3 Å². The summed E-state index contributed by atoms with van der Waals surface area (Å²) in [5.74, 6) is 0.0137. The highest BCUT2D eigenvalue weighted by atomic mass is 16.2. The number of nitrogens with one attached hydrogen (secondary N) is 1. The summed E-state index contributed by atoms with van der Waals surface area (Å²) in [5.41, 5.74) is 8.15. The summed E-state index contributed by atoms with van der Waals surface area (Å²) in [6, 6.07) is 5.45. The molecule has 13 heavy (non-hydrogen) atoms. The Balaban J connectivity index is 2.49. The number of amides is 1. The van der Waals surface area contributed by atoms with Crippen molar-refractivity contribution in [2.75, 3.05) is 29.5 Å². The molecule has 0 bridgehead atoms. The molecular weight excluding hydrogens is 166 g/mol. The second-order valence-corrected chi connectivity index (χ2v) is 3.18. The SMILES string of the molecule is CN1CC(=O)Nc2ccc(N)cc21. The van der Waals surface area contributed by atoms with Crippen LogP contribution in [0.3, 0.4) is 0 Å². The molecule has 1 aromatic carbocycles. The minimum Gasteiger partial charge on any atom is -0.399 e. The molecular formula is C9H11N3O. The highest BCUT2D eigenvalue weighted by Crippen LogP contribution is 2.29. The smallest absolute Gasteiger partial charge is 0.243 e. The topological polar surface area (TPSA) is 58.4 Å². The first-order valence-electron chi connectivity index (χ1n) is 4.07. The molecule has 4 heteroatoms. The average Bonchev–Trinajstić information content (AvgIpc) is 2.06. The molecule has 1 aromatic rings. The number of fused-ring (bicyclic) bond motifs is 1. The maximum absolute atomic E-state index is 11.1. The second-order valence-electron chi connectivity index (χ2n) is 3.18. The lowest BCUT2D eigenvalue weighted by molar-refractivity contribution is -0.115. The van der Waals surface area contributed by atoms with Crippen LogP contribution in [0.4, 0.5) is 17.1 Å². The lowest BCUT2D eigenvalue weighted by Gasteiger charge is -2.27. The van der Waals surface area contributed by atoms with Crippen molar-refractivity contribution in [1.82, 2.24) is 0 Å². The third kappa shape index (κ3) is 1.30. The number of nitrogen functional groups attached to an aromatic ring is 1. The van der Waals surface area contributed by atoms with Gasteiger partial charge in [-0.1, -0.05) is 0 Å². The Hall–Kier alpha value is -1.71. The summed E-state index contributed by atoms with van der Waals surface area (Å²) < 4.78 is 0. The second kappa shape index (κ2) is 2.65. The quantitative estimate of drug-likeness (QED) is 0.572. The zero-order valence-electron chi connectivity index (χ0n) is 7.37. The molecule has 0 aliphatic carbocycles. The first-order valence-corrected chi connectivity index (χ1v) is 4.07. The number of nitrogens with two attached hydrogens (primary N) is 1. The fourth-order valence-corrected chi connectivity index (χ4v) is 1.46. The minimum absolute atomic E-state index is 0.0137. The van der Waals surface area contributed by atoms with Crippen LogP contribution in [0.25, 0.3) is 0 Å². The van der Waals surface area contributed by atoms with Gasteiger partial charge in [0.1, 0.15) is 0 Å². The summed E-state index contributed by atoms with van der Waals surface area (Å²) in [7, 11) is 1.87. The van der Waals surface area contributed by atoms with E-state index in [-0.39, 0.29) is 5.91 Å². The maximum Gasteiger partial charge on any atom is 0.243 e. The molecule has 0 atom stereocenters. The largest absolute Gasteiger partial charge is 0.399 e. The van der Waals surface area contributed by atoms with Crippen molar-refractivity contribution < 1.29 is 4.79 Å². The van der Waals surface area contributed by atoms with E-state index in [1.165, 1.54) is 0 Å². The van der Waals surface area contributed by atoms with Crippen molar-refractivity contribution in [3.05, 3.63) is 18.2 Å². The van der Waals surface area contributed by atoms with Gasteiger partial charge in [0.25, 0.3) is 0 Å². The highest BCUT2D eigenvalue weighted by molar-refractivity contribution is 6.01. The number of rotatable bonds is 0. The van der Waals surface area contributed by atoms with Crippen molar-refractivity contribution >= 4 is 23.0 Å². The average molecular weight is 177 g/mol. The highest BCUT2D eigenvalue weighted by Gasteiger charge is 2.18. The predicted molar refractivity (Wildman–Crippen MR) is 52.8 cm³/mol. The van der Waals surface area contributed by atoms with Crippen LogP contribution in [0.5, 0.6) is 0 Å². The van der Waals surface area contributed by atoms with Gasteiger partial charge < -0.3 is 16.0 Å². The van der Waals surface area contributed by atoms with Crippen molar-refractivity contribution in [3.63, 3.8) is 0 Å². The normalized spacial score (nSPS) is 15.2. The van der Waals surface area contributed by atoms with Gasteiger partial charge in [0.15, 0.2) is 0 Å². The van der Waals surface area contributed by atoms with Crippen molar-refractivity contribution in [1.29, 1.82) is 0 Å². The zero-order chi connectivity index (χ0) is 9.42. The van der Waals surface area contributed by atoms with Gasteiger partial charge in [-0.15, -0.1) is 0 Å². The fourth-order valence-electron chi connectivity index (χ4n) is 1.46. The Morgan fingerprint density at radius 3 is 3.08 bits per heavy atom. The van der Waals surface area contributed by atoms with Crippen LogP contribution in [-0.2, 0) is 4.79 Å². The van der Waals surface area contributed by atoms with Gasteiger partial charge in [-0.05, 0) is 18.2 Å². The predicted octanol–water partition coefficient (Wildman–Crippen LogP) is 0.657. The lowest BCUT2D eigenvalue weighted by Crippen LogP contribution is -2.35. The van der Waals surface area contributed by atoms with E-state index >= 15 is 0 Å². The Kier molecular flexibility index (Phi) is 1.62. The standard InChI is InChI=1S/C9H11N3O/c1-12-5-9(13)11-7-3-2-6(10)4-8(7)12/h2-4H,5,10H2,1H3,(H,11,13). The Bertz CT molecular complexity index is 362. The molecule has 3 N–H and O–H groups in total. The van der Waals surface area contributed by atoms with Crippen LogP contribution < -0.4 is 16.0 Å². The number of nitrogens with zero attached hydrogens (tertiary/aromatic N) is 1. The van der Waals surface area contributed by atoms with Crippen molar-refractivity contribution in [2.24, 2.45) is 0 Å². The maximum atomic E-state index is 11.1. The van der Waals surface area contributed by atoms with Crippen LogP contribution in [0, 0.1) is 0 Å². The molecule has 0 fully saturated rings. The summed E-state index contributed by atoms with van der Waals surface area (Å²) in [6.07, 6.45) is 0. The third-order valence-corrected chi connectivity index (χ3v) is 2.09. The van der Waals surface area contributed by atoms with E-state index in [2.05, 4.69) is 5.32 Å². The summed E-state index contributed by atoms with van der Waals surface area (Å²) in [6.45, 7) is 0.385. The fraction of sp³-hybridized carbons (Fsp3) is 0.222. The van der Waals surface area contributed by atoms with Gasteiger partial charge in [0, 0.05) is 12.7 Å². The number of benzene rings is 1. The summed E-state index contributed by atoms with van der Waals surface area (Å²) in [4.78, 5) is 13.0. The van der Waals surface area contributed by atoms with Crippen LogP contribution >= 0.6 is 0 Å². The van der Waals surface area contributed by atoms with Gasteiger partial charge in [-0.25, -0.2) is 0 Å². The number of likely N-dealkylation sites (N-methyl/N-ethyl adjacent to an activating group) is 1. The molecule has 68 valence electrons. The molecule has 2 rings (SSSR count). The van der Waals surface area contributed by atoms with Gasteiger partial charge in [0.05, 0.1) is 17.9 Å². The van der Waals surface area contributed by atoms with E-state index in [4.69, 9.17) is 5.73 Å². The Morgan fingerprint density at radius 2 is 2.31 bits per heavy atom. The minimum atomic E-state index is 0.0137. The van der Waals surface area contributed by atoms with Crippen LogP contribution in [0.1, 0.15) is 0 Å². The number of anilines is 3. The van der Waals surface area contributed by atoms with Gasteiger partial charge in [-0.3, -0.25) is 4.79 Å². The number of hydrogen-bond donors (Lipinski definition) is 2. The molecule has 1 amide bonds. The lowest BCUT2D eigenvalue weighted by atomic mass is 10.2. The number of carbonyl (C=O) groups is 1. The van der Waals surface area contributed by atoms with E-state index < -0.39 is 0 Å². The molecule has 0 spiro atoms. The van der Waals surface area contributed by atoms with Crippen molar-refractivity contribution in [2.45, 2.75) is 0 Å². The zero-order valence-corrected chi connectivity index (χ0v) is 7.37. The van der Waals surface area contributed by atoms with E-state index in [9.17, 15) is 4.79 Å². The first kappa shape index (κ1) is 7.91. The molecule has 0 aromatic heterocycles. The first-order chi connectivity index (χ1) is 6.16. The van der Waals surface area contributed by atoms with E-state index in [1.807, 2.05) is 24.1 Å². The molecule has 0 saturated carbocycles. The number of hydrogen-bond acceptors (Lipinski definition) is 3.